The molecule has 1 saturated heterocycles. The Bertz CT molecular complexity index is 1070. The number of benzene rings is 2. The molecular weight excluding hydrogens is 481 g/mol. The first kappa shape index (κ1) is 23.4. The van der Waals surface area contributed by atoms with E-state index in [0.29, 0.717) is 36.3 Å². The highest BCUT2D eigenvalue weighted by atomic mass is 35.5. The van der Waals surface area contributed by atoms with Crippen molar-refractivity contribution >= 4 is 69.5 Å². The molecule has 2 aromatic rings. The van der Waals surface area contributed by atoms with Crippen LogP contribution in [0.1, 0.15) is 17.5 Å². The van der Waals surface area contributed by atoms with Crippen molar-refractivity contribution in [1.82, 2.24) is 4.90 Å². The minimum Gasteiger partial charge on any atom is -0.493 e. The molecule has 2 aromatic carbocycles. The average molecular weight is 498 g/mol. The second-order valence-corrected chi connectivity index (χ2v) is 8.93. The number of rotatable bonds is 8. The highest BCUT2D eigenvalue weighted by Gasteiger charge is 2.32. The molecule has 1 fully saturated rings. The highest BCUT2D eigenvalue weighted by molar-refractivity contribution is 8.26. The lowest BCUT2D eigenvalue weighted by molar-refractivity contribution is -0.137. The SMILES string of the molecule is COc1cc(/C=C2/SC(=S)N(CCC(=O)O)C2=O)ccc1OCc1ccc(Cl)cc1Cl. The summed E-state index contributed by atoms with van der Waals surface area (Å²) < 4.78 is 11.6. The number of carbonyl (C=O) groups excluding carboxylic acids is 1. The first-order valence-electron chi connectivity index (χ1n) is 9.00. The molecule has 1 N–H and O–H groups in total. The van der Waals surface area contributed by atoms with Gasteiger partial charge in [0.05, 0.1) is 18.4 Å². The topological polar surface area (TPSA) is 76.1 Å². The summed E-state index contributed by atoms with van der Waals surface area (Å²) in [7, 11) is 1.52. The summed E-state index contributed by atoms with van der Waals surface area (Å²) in [5.74, 6) is -0.300. The number of thioether (sulfide) groups is 1. The number of carboxylic acids is 1. The van der Waals surface area contributed by atoms with E-state index in [1.165, 1.54) is 12.0 Å². The van der Waals surface area contributed by atoms with Gasteiger partial charge < -0.3 is 14.6 Å². The average Bonchev–Trinajstić information content (AvgIpc) is 2.98. The molecule has 1 aliphatic rings. The molecule has 0 spiro atoms. The van der Waals surface area contributed by atoms with Crippen LogP contribution in [0.4, 0.5) is 0 Å². The fourth-order valence-electron chi connectivity index (χ4n) is 2.74. The normalized spacial score (nSPS) is 14.9. The van der Waals surface area contributed by atoms with E-state index >= 15 is 0 Å². The number of carboxylic acid groups (broad SMARTS) is 1. The van der Waals surface area contributed by atoms with Gasteiger partial charge >= 0.3 is 5.97 Å². The Kier molecular flexibility index (Phi) is 7.83. The van der Waals surface area contributed by atoms with Crippen molar-refractivity contribution in [3.63, 3.8) is 0 Å². The third-order valence-electron chi connectivity index (χ3n) is 4.31. The number of methoxy groups -OCH3 is 1. The minimum atomic E-state index is -0.988. The van der Waals surface area contributed by atoms with Crippen LogP contribution in [0, 0.1) is 0 Å². The van der Waals surface area contributed by atoms with Crippen LogP contribution < -0.4 is 9.47 Å². The van der Waals surface area contributed by atoms with Crippen molar-refractivity contribution in [3.05, 3.63) is 62.5 Å². The molecule has 1 aliphatic heterocycles. The van der Waals surface area contributed by atoms with Gasteiger partial charge in [0.15, 0.2) is 11.5 Å². The number of hydrogen-bond acceptors (Lipinski definition) is 6. The summed E-state index contributed by atoms with van der Waals surface area (Å²) in [5, 5.41) is 9.89. The van der Waals surface area contributed by atoms with E-state index in [2.05, 4.69) is 0 Å². The van der Waals surface area contributed by atoms with E-state index in [9.17, 15) is 9.59 Å². The lowest BCUT2D eigenvalue weighted by Gasteiger charge is -2.13. The van der Waals surface area contributed by atoms with E-state index < -0.39 is 5.97 Å². The molecule has 0 atom stereocenters. The Balaban J connectivity index is 1.74. The van der Waals surface area contributed by atoms with E-state index in [1.807, 2.05) is 0 Å². The number of halogens is 2. The maximum Gasteiger partial charge on any atom is 0.305 e. The molecule has 6 nitrogen and oxygen atoms in total. The minimum absolute atomic E-state index is 0.0424. The Morgan fingerprint density at radius 2 is 2.00 bits per heavy atom. The van der Waals surface area contributed by atoms with Gasteiger partial charge in [0.1, 0.15) is 10.9 Å². The Morgan fingerprint density at radius 3 is 2.68 bits per heavy atom. The predicted octanol–water partition coefficient (Wildman–Crippen LogP) is 5.26. The molecule has 0 bridgehead atoms. The van der Waals surface area contributed by atoms with Crippen LogP contribution in [0.25, 0.3) is 6.08 Å². The first-order chi connectivity index (χ1) is 14.8. The number of nitrogens with zero attached hydrogens (tertiary/aromatic N) is 1. The van der Waals surface area contributed by atoms with Crippen LogP contribution in [0.2, 0.25) is 10.0 Å². The zero-order valence-electron chi connectivity index (χ0n) is 16.3. The van der Waals surface area contributed by atoms with E-state index in [-0.39, 0.29) is 25.5 Å². The van der Waals surface area contributed by atoms with Crippen LogP contribution >= 0.6 is 47.2 Å². The van der Waals surface area contributed by atoms with Gasteiger partial charge in [-0.2, -0.15) is 0 Å². The number of aliphatic carboxylic acids is 1. The lowest BCUT2D eigenvalue weighted by Crippen LogP contribution is -2.30. The fraction of sp³-hybridized carbons (Fsp3) is 0.190. The Morgan fingerprint density at radius 1 is 1.23 bits per heavy atom. The first-order valence-corrected chi connectivity index (χ1v) is 11.0. The molecule has 10 heteroatoms. The van der Waals surface area contributed by atoms with Crippen molar-refractivity contribution in [1.29, 1.82) is 0 Å². The maximum absolute atomic E-state index is 12.5. The van der Waals surface area contributed by atoms with Crippen molar-refractivity contribution < 1.29 is 24.2 Å². The summed E-state index contributed by atoms with van der Waals surface area (Å²) in [4.78, 5) is 25.0. The molecular formula is C21H17Cl2NO5S2. The zero-order chi connectivity index (χ0) is 22.5. The summed E-state index contributed by atoms with van der Waals surface area (Å²) in [6.45, 7) is 0.272. The molecule has 0 aliphatic carbocycles. The van der Waals surface area contributed by atoms with Gasteiger partial charge in [-0.05, 0) is 35.9 Å². The molecule has 31 heavy (non-hydrogen) atoms. The van der Waals surface area contributed by atoms with Crippen LogP contribution in [0.5, 0.6) is 11.5 Å². The second-order valence-electron chi connectivity index (χ2n) is 6.41. The standard InChI is InChI=1S/C21H17Cl2NO5S2/c1-28-17-8-12(9-18-20(27)24(21(30)31-18)7-6-19(25)26)2-5-16(17)29-11-13-3-4-14(22)10-15(13)23/h2-5,8-10H,6-7,11H2,1H3,(H,25,26)/b18-9+. The lowest BCUT2D eigenvalue weighted by atomic mass is 10.1. The summed E-state index contributed by atoms with van der Waals surface area (Å²) in [6, 6.07) is 10.4. The third-order valence-corrected chi connectivity index (χ3v) is 6.27. The quantitative estimate of drug-likeness (QED) is 0.393. The monoisotopic (exact) mass is 497 g/mol. The number of carbonyl (C=O) groups is 2. The van der Waals surface area contributed by atoms with Crippen LogP contribution in [0.3, 0.4) is 0 Å². The number of ether oxygens (including phenoxy) is 2. The van der Waals surface area contributed by atoms with Gasteiger partial charge in [-0.3, -0.25) is 14.5 Å². The fourth-order valence-corrected chi connectivity index (χ4v) is 4.51. The van der Waals surface area contributed by atoms with Gasteiger partial charge in [-0.15, -0.1) is 0 Å². The van der Waals surface area contributed by atoms with Crippen molar-refractivity contribution in [3.8, 4) is 11.5 Å². The van der Waals surface area contributed by atoms with Gasteiger partial charge in [-0.1, -0.05) is 59.3 Å². The Labute approximate surface area is 198 Å². The zero-order valence-corrected chi connectivity index (χ0v) is 19.4. The molecule has 1 heterocycles. The number of amides is 1. The molecule has 3 rings (SSSR count). The van der Waals surface area contributed by atoms with Crippen molar-refractivity contribution in [2.24, 2.45) is 0 Å². The van der Waals surface area contributed by atoms with Crippen LogP contribution in [-0.4, -0.2) is 39.9 Å². The second kappa shape index (κ2) is 10.4. The summed E-state index contributed by atoms with van der Waals surface area (Å²) in [5.41, 5.74) is 1.50. The van der Waals surface area contributed by atoms with Crippen LogP contribution in [-0.2, 0) is 16.2 Å². The number of thiocarbonyl (C=S) groups is 1. The van der Waals surface area contributed by atoms with Crippen molar-refractivity contribution in [2.75, 3.05) is 13.7 Å². The van der Waals surface area contributed by atoms with Gasteiger partial charge in [0.2, 0.25) is 0 Å². The third kappa shape index (κ3) is 5.92. The predicted molar refractivity (Wildman–Crippen MR) is 126 cm³/mol. The van der Waals surface area contributed by atoms with Gasteiger partial charge in [-0.25, -0.2) is 0 Å². The summed E-state index contributed by atoms with van der Waals surface area (Å²) >= 11 is 18.4. The summed E-state index contributed by atoms with van der Waals surface area (Å²) in [6.07, 6.45) is 1.51. The molecule has 162 valence electrons. The van der Waals surface area contributed by atoms with Gasteiger partial charge in [0.25, 0.3) is 5.91 Å². The van der Waals surface area contributed by atoms with E-state index in [4.69, 9.17) is 50.0 Å². The molecule has 0 radical (unpaired) electrons. The number of hydrogen-bond donors (Lipinski definition) is 1. The smallest absolute Gasteiger partial charge is 0.305 e. The van der Waals surface area contributed by atoms with Crippen molar-refractivity contribution in [2.45, 2.75) is 13.0 Å². The largest absolute Gasteiger partial charge is 0.493 e. The van der Waals surface area contributed by atoms with Crippen LogP contribution in [0.15, 0.2) is 41.3 Å². The van der Waals surface area contributed by atoms with E-state index in [0.717, 1.165) is 17.3 Å². The molecule has 0 aromatic heterocycles. The maximum atomic E-state index is 12.5. The van der Waals surface area contributed by atoms with Gasteiger partial charge in [0, 0.05) is 22.2 Å². The molecule has 0 saturated carbocycles. The van der Waals surface area contributed by atoms with E-state index in [1.54, 1.807) is 42.5 Å². The molecule has 1 amide bonds. The molecule has 0 unspecified atom stereocenters. The Hall–Kier alpha value is -2.26. The highest BCUT2D eigenvalue weighted by Crippen LogP contribution is 2.35.